The van der Waals surface area contributed by atoms with Gasteiger partial charge in [0.2, 0.25) is 0 Å². The molecule has 0 radical (unpaired) electrons. The maximum atomic E-state index is 13.6. The van der Waals surface area contributed by atoms with Gasteiger partial charge in [0.1, 0.15) is 16.6 Å². The van der Waals surface area contributed by atoms with Crippen LogP contribution in [-0.2, 0) is 12.7 Å². The number of nitrogens with zero attached hydrogens (tertiary/aromatic N) is 1. The predicted octanol–water partition coefficient (Wildman–Crippen LogP) is 3.83. The lowest BCUT2D eigenvalue weighted by Crippen LogP contribution is -2.12. The van der Waals surface area contributed by atoms with Crippen LogP contribution in [0.4, 0.5) is 22.0 Å². The molecule has 8 heteroatoms. The monoisotopic (exact) mass is 308 g/mol. The number of halogens is 5. The highest BCUT2D eigenvalue weighted by Gasteiger charge is 2.37. The summed E-state index contributed by atoms with van der Waals surface area (Å²) in [5.41, 5.74) is -1.35. The van der Waals surface area contributed by atoms with Gasteiger partial charge in [-0.1, -0.05) is 0 Å². The van der Waals surface area contributed by atoms with Crippen LogP contribution in [-0.4, -0.2) is 12.0 Å². The minimum atomic E-state index is -4.63. The second-order valence-electron chi connectivity index (χ2n) is 3.94. The van der Waals surface area contributed by atoms with Crippen LogP contribution >= 0.6 is 11.3 Å². The van der Waals surface area contributed by atoms with Gasteiger partial charge >= 0.3 is 6.18 Å². The van der Waals surface area contributed by atoms with Crippen molar-refractivity contribution in [2.75, 3.05) is 7.05 Å². The van der Waals surface area contributed by atoms with Crippen molar-refractivity contribution in [2.45, 2.75) is 12.7 Å². The van der Waals surface area contributed by atoms with E-state index in [1.54, 1.807) is 0 Å². The van der Waals surface area contributed by atoms with E-state index in [0.29, 0.717) is 11.3 Å². The summed E-state index contributed by atoms with van der Waals surface area (Å²) in [5, 5.41) is 2.40. The highest BCUT2D eigenvalue weighted by Crippen LogP contribution is 2.38. The summed E-state index contributed by atoms with van der Waals surface area (Å²) in [6.07, 6.45) is -4.63. The Balaban J connectivity index is 2.55. The molecule has 0 aliphatic carbocycles. The molecule has 2 rings (SSSR count). The second kappa shape index (κ2) is 5.45. The number of thiazole rings is 1. The Morgan fingerprint density at radius 2 is 1.95 bits per heavy atom. The van der Waals surface area contributed by atoms with Crippen molar-refractivity contribution in [2.24, 2.45) is 0 Å². The maximum Gasteiger partial charge on any atom is 0.434 e. The topological polar surface area (TPSA) is 24.9 Å². The van der Waals surface area contributed by atoms with E-state index in [0.717, 1.165) is 18.2 Å². The Labute approximate surface area is 115 Å². The highest BCUT2D eigenvalue weighted by molar-refractivity contribution is 7.15. The van der Waals surface area contributed by atoms with E-state index in [1.165, 1.54) is 7.05 Å². The molecular weight excluding hydrogens is 299 g/mol. The molecule has 20 heavy (non-hydrogen) atoms. The van der Waals surface area contributed by atoms with Gasteiger partial charge in [-0.3, -0.25) is 0 Å². The van der Waals surface area contributed by atoms with E-state index in [9.17, 15) is 22.0 Å². The molecule has 0 aliphatic rings. The minimum Gasteiger partial charge on any atom is -0.315 e. The molecule has 0 saturated carbocycles. The van der Waals surface area contributed by atoms with Gasteiger partial charge in [-0.05, 0) is 25.2 Å². The molecule has 0 amide bonds. The Morgan fingerprint density at radius 3 is 2.55 bits per heavy atom. The summed E-state index contributed by atoms with van der Waals surface area (Å²) in [5.74, 6) is -1.55. The molecular formula is C12H9F5N2S. The first-order chi connectivity index (χ1) is 9.32. The zero-order chi connectivity index (χ0) is 14.9. The first-order valence-corrected chi connectivity index (χ1v) is 6.31. The Bertz CT molecular complexity index is 621. The lowest BCUT2D eigenvalue weighted by Gasteiger charge is -2.04. The summed E-state index contributed by atoms with van der Waals surface area (Å²) in [4.78, 5) is 3.35. The fourth-order valence-electron chi connectivity index (χ4n) is 1.63. The number of aromatic nitrogens is 1. The summed E-state index contributed by atoms with van der Waals surface area (Å²) in [6, 6.07) is 2.58. The van der Waals surface area contributed by atoms with Gasteiger partial charge in [0.05, 0.1) is 4.88 Å². The quantitative estimate of drug-likeness (QED) is 0.872. The third-order valence-corrected chi connectivity index (χ3v) is 3.55. The zero-order valence-electron chi connectivity index (χ0n) is 10.2. The van der Waals surface area contributed by atoms with Crippen molar-refractivity contribution in [3.63, 3.8) is 0 Å². The van der Waals surface area contributed by atoms with Crippen LogP contribution in [0.2, 0.25) is 0 Å². The Kier molecular flexibility index (Phi) is 4.05. The number of hydrogen-bond donors (Lipinski definition) is 1. The number of hydrogen-bond acceptors (Lipinski definition) is 3. The number of nitrogens with one attached hydrogen (secondary N) is 1. The van der Waals surface area contributed by atoms with E-state index < -0.39 is 23.5 Å². The van der Waals surface area contributed by atoms with Gasteiger partial charge < -0.3 is 5.32 Å². The van der Waals surface area contributed by atoms with E-state index >= 15 is 0 Å². The molecule has 0 spiro atoms. The van der Waals surface area contributed by atoms with Crippen molar-refractivity contribution in [3.8, 4) is 10.6 Å². The van der Waals surface area contributed by atoms with E-state index in [-0.39, 0.29) is 22.0 Å². The van der Waals surface area contributed by atoms with Crippen LogP contribution in [0, 0.1) is 11.6 Å². The molecule has 1 heterocycles. The van der Waals surface area contributed by atoms with Crippen LogP contribution in [0.25, 0.3) is 10.6 Å². The average Bonchev–Trinajstić information content (AvgIpc) is 2.76. The molecule has 108 valence electrons. The third kappa shape index (κ3) is 2.96. The number of rotatable bonds is 3. The molecule has 0 atom stereocenters. The molecule has 0 fully saturated rings. The van der Waals surface area contributed by atoms with Gasteiger partial charge in [-0.2, -0.15) is 13.2 Å². The molecule has 0 aliphatic heterocycles. The second-order valence-corrected chi connectivity index (χ2v) is 5.03. The van der Waals surface area contributed by atoms with Crippen molar-refractivity contribution >= 4 is 11.3 Å². The third-order valence-electron chi connectivity index (χ3n) is 2.46. The minimum absolute atomic E-state index is 0.0521. The van der Waals surface area contributed by atoms with Crippen LogP contribution < -0.4 is 5.32 Å². The Morgan fingerprint density at radius 1 is 1.25 bits per heavy atom. The zero-order valence-corrected chi connectivity index (χ0v) is 11.0. The molecule has 1 N–H and O–H groups in total. The van der Waals surface area contributed by atoms with Crippen LogP contribution in [0.15, 0.2) is 18.2 Å². The van der Waals surface area contributed by atoms with E-state index in [4.69, 9.17) is 0 Å². The summed E-state index contributed by atoms with van der Waals surface area (Å²) < 4.78 is 65.2. The van der Waals surface area contributed by atoms with Crippen molar-refractivity contribution in [1.29, 1.82) is 0 Å². The van der Waals surface area contributed by atoms with Gasteiger partial charge in [0.15, 0.2) is 5.69 Å². The molecule has 1 aromatic heterocycles. The van der Waals surface area contributed by atoms with Gasteiger partial charge in [0.25, 0.3) is 0 Å². The Hall–Kier alpha value is -1.54. The predicted molar refractivity (Wildman–Crippen MR) is 65.2 cm³/mol. The molecule has 0 unspecified atom stereocenters. The standard InChI is InChI=1S/C12H9F5N2S/c1-18-5-9-10(12(15,16)17)19-11(20-9)7-4-6(13)2-3-8(7)14/h2-4,18H,5H2,1H3. The summed E-state index contributed by atoms with van der Waals surface area (Å²) in [7, 11) is 1.49. The normalized spacial score (nSPS) is 11.9. The SMILES string of the molecule is CNCc1sc(-c2cc(F)ccc2F)nc1C(F)(F)F. The fourth-order valence-corrected chi connectivity index (χ4v) is 2.74. The van der Waals surface area contributed by atoms with Gasteiger partial charge in [0, 0.05) is 12.1 Å². The highest BCUT2D eigenvalue weighted by atomic mass is 32.1. The van der Waals surface area contributed by atoms with Crippen molar-refractivity contribution < 1.29 is 22.0 Å². The van der Waals surface area contributed by atoms with Crippen LogP contribution in [0.3, 0.4) is 0 Å². The van der Waals surface area contributed by atoms with Crippen molar-refractivity contribution in [1.82, 2.24) is 10.3 Å². The van der Waals surface area contributed by atoms with Crippen LogP contribution in [0.1, 0.15) is 10.6 Å². The van der Waals surface area contributed by atoms with E-state index in [1.807, 2.05) is 0 Å². The summed E-state index contributed by atoms with van der Waals surface area (Å²) >= 11 is 0.687. The number of alkyl halides is 3. The first-order valence-electron chi connectivity index (χ1n) is 5.50. The molecule has 2 aromatic rings. The van der Waals surface area contributed by atoms with Crippen molar-refractivity contribution in [3.05, 3.63) is 40.4 Å². The average molecular weight is 308 g/mol. The fraction of sp³-hybridized carbons (Fsp3) is 0.250. The molecule has 0 bridgehead atoms. The largest absolute Gasteiger partial charge is 0.434 e. The maximum absolute atomic E-state index is 13.6. The summed E-state index contributed by atoms with van der Waals surface area (Å²) in [6.45, 7) is -0.0521. The lowest BCUT2D eigenvalue weighted by molar-refractivity contribution is -0.141. The first kappa shape index (κ1) is 14.9. The van der Waals surface area contributed by atoms with E-state index in [2.05, 4.69) is 10.3 Å². The number of benzene rings is 1. The lowest BCUT2D eigenvalue weighted by atomic mass is 10.2. The smallest absolute Gasteiger partial charge is 0.315 e. The molecule has 0 saturated heterocycles. The van der Waals surface area contributed by atoms with Crippen LogP contribution in [0.5, 0.6) is 0 Å². The molecule has 1 aromatic carbocycles. The van der Waals surface area contributed by atoms with Gasteiger partial charge in [-0.15, -0.1) is 11.3 Å². The van der Waals surface area contributed by atoms with Gasteiger partial charge in [-0.25, -0.2) is 13.8 Å². The molecule has 2 nitrogen and oxygen atoms in total.